The van der Waals surface area contributed by atoms with Crippen LogP contribution < -0.4 is 9.80 Å². The van der Waals surface area contributed by atoms with E-state index in [0.29, 0.717) is 0 Å². The normalized spacial score (nSPS) is 12.5. The fraction of sp³-hybridized carbons (Fsp3) is 0. The second-order valence-corrected chi connectivity index (χ2v) is 14.3. The van der Waals surface area contributed by atoms with E-state index in [9.17, 15) is 0 Å². The Morgan fingerprint density at radius 2 is 0.912 bits per heavy atom. The highest BCUT2D eigenvalue weighted by Gasteiger charge is 2.32. The van der Waals surface area contributed by atoms with Crippen LogP contribution in [0.5, 0.6) is 0 Å². The predicted molar refractivity (Wildman–Crippen MR) is 233 cm³/mol. The van der Waals surface area contributed by atoms with Crippen LogP contribution in [0.2, 0.25) is 0 Å². The van der Waals surface area contributed by atoms with Gasteiger partial charge in [0.2, 0.25) is 0 Å². The van der Waals surface area contributed by atoms with Gasteiger partial charge in [-0.15, -0.1) is 0 Å². The Labute approximate surface area is 327 Å². The van der Waals surface area contributed by atoms with E-state index < -0.39 is 0 Å². The van der Waals surface area contributed by atoms with E-state index in [1.807, 2.05) is 18.2 Å². The number of rotatable bonds is 4. The molecule has 0 saturated heterocycles. The summed E-state index contributed by atoms with van der Waals surface area (Å²) < 4.78 is 2.38. The maximum absolute atomic E-state index is 5.53. The number of hydrogen-bond acceptors (Lipinski definition) is 6. The van der Waals surface area contributed by atoms with Gasteiger partial charge in [0.1, 0.15) is 11.3 Å². The minimum Gasteiger partial charge on any atom is -0.309 e. The van der Waals surface area contributed by atoms with Crippen molar-refractivity contribution in [3.63, 3.8) is 0 Å². The van der Waals surface area contributed by atoms with Gasteiger partial charge in [0, 0.05) is 50.9 Å². The Morgan fingerprint density at radius 1 is 0.351 bits per heavy atom. The summed E-state index contributed by atoms with van der Waals surface area (Å²) in [7, 11) is 0. The van der Waals surface area contributed by atoms with E-state index in [1.54, 1.807) is 12.4 Å². The molecule has 7 aromatic carbocycles. The molecule has 1 aliphatic heterocycles. The summed E-state index contributed by atoms with van der Waals surface area (Å²) in [5.41, 5.74) is 13.7. The SMILES string of the molecule is c1ccc(-c2ccc3c4nccnc4c4ccc(N5c6ccccc6N(c6ccccc6)c6cc(-n7c8ccccc8c8ccccc87)ccc65)nc4c3n2)cc1. The average Bonchev–Trinajstić information content (AvgIpc) is 3.63. The fourth-order valence-corrected chi connectivity index (χ4v) is 8.70. The van der Waals surface area contributed by atoms with Crippen molar-refractivity contribution in [1.29, 1.82) is 0 Å². The van der Waals surface area contributed by atoms with Crippen molar-refractivity contribution in [1.82, 2.24) is 24.5 Å². The minimum atomic E-state index is 0.778. The van der Waals surface area contributed by atoms with Crippen LogP contribution in [-0.4, -0.2) is 24.5 Å². The van der Waals surface area contributed by atoms with Gasteiger partial charge in [-0.2, -0.15) is 0 Å². The standard InChI is InChI=1S/C50H31N7/c1-3-13-32(14-4-1)39-26-24-37-47-48(52-30-29-51-47)38-25-28-46(54-50(38)49(37)53-39)57-43-22-12-11-21-42(43)55(33-15-5-2-6-16-33)45-31-34(23-27-44(45)57)56-40-19-9-7-17-35(40)36-18-8-10-20-41(36)56/h1-31H. The highest BCUT2D eigenvalue weighted by molar-refractivity contribution is 6.21. The highest BCUT2D eigenvalue weighted by Crippen LogP contribution is 2.54. The van der Waals surface area contributed by atoms with Crippen LogP contribution in [0.25, 0.3) is 71.6 Å². The third-order valence-electron chi connectivity index (χ3n) is 11.2. The van der Waals surface area contributed by atoms with E-state index in [0.717, 1.165) is 84.0 Å². The van der Waals surface area contributed by atoms with Crippen molar-refractivity contribution in [2.24, 2.45) is 0 Å². The lowest BCUT2D eigenvalue weighted by Crippen LogP contribution is -2.24. The zero-order chi connectivity index (χ0) is 37.5. The Balaban J connectivity index is 1.13. The van der Waals surface area contributed by atoms with Gasteiger partial charge in [-0.1, -0.05) is 97.1 Å². The van der Waals surface area contributed by atoms with Gasteiger partial charge in [0.05, 0.1) is 56.0 Å². The average molecular weight is 730 g/mol. The molecule has 7 heteroatoms. The van der Waals surface area contributed by atoms with E-state index >= 15 is 0 Å². The molecule has 4 aromatic heterocycles. The second-order valence-electron chi connectivity index (χ2n) is 14.3. The van der Waals surface area contributed by atoms with Crippen LogP contribution in [0.3, 0.4) is 0 Å². The summed E-state index contributed by atoms with van der Waals surface area (Å²) in [5, 5.41) is 4.28. The largest absolute Gasteiger partial charge is 0.309 e. The summed E-state index contributed by atoms with van der Waals surface area (Å²) >= 11 is 0. The van der Waals surface area contributed by atoms with Crippen molar-refractivity contribution in [2.45, 2.75) is 0 Å². The van der Waals surface area contributed by atoms with Crippen molar-refractivity contribution in [2.75, 3.05) is 9.80 Å². The number of fused-ring (bicyclic) bond motifs is 11. The number of pyridine rings is 2. The van der Waals surface area contributed by atoms with Gasteiger partial charge >= 0.3 is 0 Å². The number of para-hydroxylation sites is 5. The predicted octanol–water partition coefficient (Wildman–Crippen LogP) is 12.7. The van der Waals surface area contributed by atoms with Gasteiger partial charge < -0.3 is 9.47 Å². The number of benzene rings is 7. The summed E-state index contributed by atoms with van der Waals surface area (Å²) in [4.78, 5) is 25.1. The van der Waals surface area contributed by atoms with Crippen LogP contribution in [0.1, 0.15) is 0 Å². The molecule has 0 saturated carbocycles. The molecular weight excluding hydrogens is 699 g/mol. The monoisotopic (exact) mass is 729 g/mol. The summed E-state index contributed by atoms with van der Waals surface area (Å²) in [6.45, 7) is 0. The first-order valence-electron chi connectivity index (χ1n) is 19.1. The molecule has 0 atom stereocenters. The van der Waals surface area contributed by atoms with Crippen molar-refractivity contribution >= 4 is 88.9 Å². The first kappa shape index (κ1) is 31.5. The van der Waals surface area contributed by atoms with Gasteiger partial charge in [0.15, 0.2) is 0 Å². The molecule has 0 amide bonds. The molecule has 7 nitrogen and oxygen atoms in total. The molecule has 0 bridgehead atoms. The maximum atomic E-state index is 5.53. The third-order valence-corrected chi connectivity index (χ3v) is 11.2. The van der Waals surface area contributed by atoms with Crippen LogP contribution in [0.4, 0.5) is 34.3 Å². The van der Waals surface area contributed by atoms with Crippen LogP contribution >= 0.6 is 0 Å². The van der Waals surface area contributed by atoms with E-state index in [1.165, 1.54) is 21.8 Å². The van der Waals surface area contributed by atoms with Crippen molar-refractivity contribution in [3.8, 4) is 16.9 Å². The Morgan fingerprint density at radius 3 is 1.61 bits per heavy atom. The lowest BCUT2D eigenvalue weighted by atomic mass is 10.0. The topological polar surface area (TPSA) is 63.0 Å². The molecule has 0 radical (unpaired) electrons. The smallest absolute Gasteiger partial charge is 0.138 e. The number of hydrogen-bond donors (Lipinski definition) is 0. The molecule has 0 aliphatic carbocycles. The quantitative estimate of drug-likeness (QED) is 0.168. The fourth-order valence-electron chi connectivity index (χ4n) is 8.70. The number of aromatic nitrogens is 5. The van der Waals surface area contributed by atoms with E-state index in [2.05, 4.69) is 172 Å². The molecule has 0 spiro atoms. The first-order chi connectivity index (χ1) is 28.3. The third kappa shape index (κ3) is 4.72. The van der Waals surface area contributed by atoms with Gasteiger partial charge in [-0.3, -0.25) is 14.9 Å². The summed E-state index contributed by atoms with van der Waals surface area (Å²) in [6.07, 6.45) is 3.49. The molecule has 11 aromatic rings. The molecule has 1 aliphatic rings. The Bertz CT molecular complexity index is 3320. The van der Waals surface area contributed by atoms with Crippen molar-refractivity contribution < 1.29 is 0 Å². The zero-order valence-corrected chi connectivity index (χ0v) is 30.5. The lowest BCUT2D eigenvalue weighted by molar-refractivity contribution is 1.12. The molecular formula is C50H31N7. The van der Waals surface area contributed by atoms with Crippen molar-refractivity contribution in [3.05, 3.63) is 188 Å². The first-order valence-corrected chi connectivity index (χ1v) is 19.1. The molecule has 5 heterocycles. The van der Waals surface area contributed by atoms with Crippen LogP contribution in [0.15, 0.2) is 188 Å². The summed E-state index contributed by atoms with van der Waals surface area (Å²) in [6, 6.07) is 61.9. The highest BCUT2D eigenvalue weighted by atomic mass is 15.3. The zero-order valence-electron chi connectivity index (χ0n) is 30.5. The molecule has 0 fully saturated rings. The molecule has 0 unspecified atom stereocenters. The Kier molecular flexibility index (Phi) is 6.79. The molecule has 266 valence electrons. The molecule has 57 heavy (non-hydrogen) atoms. The van der Waals surface area contributed by atoms with Gasteiger partial charge in [-0.25, -0.2) is 9.97 Å². The minimum absolute atomic E-state index is 0.778. The summed E-state index contributed by atoms with van der Waals surface area (Å²) in [5.74, 6) is 0.782. The second kappa shape index (κ2) is 12.3. The van der Waals surface area contributed by atoms with Crippen LogP contribution in [0, 0.1) is 0 Å². The maximum Gasteiger partial charge on any atom is 0.138 e. The molecule has 0 N–H and O–H groups in total. The Hall–Kier alpha value is -7.90. The van der Waals surface area contributed by atoms with Crippen LogP contribution in [-0.2, 0) is 0 Å². The van der Waals surface area contributed by atoms with Gasteiger partial charge in [-0.05, 0) is 78.9 Å². The number of anilines is 6. The van der Waals surface area contributed by atoms with E-state index in [-0.39, 0.29) is 0 Å². The molecule has 12 rings (SSSR count). The lowest BCUT2D eigenvalue weighted by Gasteiger charge is -2.40. The number of nitrogens with zero attached hydrogens (tertiary/aromatic N) is 7. The van der Waals surface area contributed by atoms with E-state index in [4.69, 9.17) is 19.9 Å². The van der Waals surface area contributed by atoms with Gasteiger partial charge in [0.25, 0.3) is 0 Å².